The number of para-hydroxylation sites is 1. The lowest BCUT2D eigenvalue weighted by Crippen LogP contribution is -2.15. The van der Waals surface area contributed by atoms with Crippen molar-refractivity contribution in [3.05, 3.63) is 54.4 Å². The summed E-state index contributed by atoms with van der Waals surface area (Å²) in [5.41, 5.74) is 2.76. The number of pyridine rings is 1. The van der Waals surface area contributed by atoms with Crippen LogP contribution in [0.2, 0.25) is 0 Å². The van der Waals surface area contributed by atoms with Gasteiger partial charge in [-0.3, -0.25) is 9.78 Å². The third-order valence-corrected chi connectivity index (χ3v) is 4.53. The minimum absolute atomic E-state index is 0.0692. The molecule has 0 radical (unpaired) electrons. The van der Waals surface area contributed by atoms with Gasteiger partial charge in [-0.15, -0.1) is 10.2 Å². The number of carbonyl (C=O) groups excluding carboxylic acids is 1. The molecule has 0 atom stereocenters. The first-order chi connectivity index (χ1) is 11.6. The highest BCUT2D eigenvalue weighted by atomic mass is 32.2. The summed E-state index contributed by atoms with van der Waals surface area (Å²) >= 11 is 1.35. The van der Waals surface area contributed by atoms with Crippen molar-refractivity contribution < 1.29 is 4.79 Å². The van der Waals surface area contributed by atoms with Gasteiger partial charge in [0, 0.05) is 30.7 Å². The summed E-state index contributed by atoms with van der Waals surface area (Å²) in [7, 11) is 1.88. The monoisotopic (exact) mass is 339 g/mol. The summed E-state index contributed by atoms with van der Waals surface area (Å²) < 4.78 is 1.86. The fourth-order valence-electron chi connectivity index (χ4n) is 2.22. The highest BCUT2D eigenvalue weighted by molar-refractivity contribution is 7.99. The first-order valence-corrected chi connectivity index (χ1v) is 8.42. The largest absolute Gasteiger partial charge is 0.325 e. The van der Waals surface area contributed by atoms with Gasteiger partial charge >= 0.3 is 0 Å². The summed E-state index contributed by atoms with van der Waals surface area (Å²) in [4.78, 5) is 16.2. The van der Waals surface area contributed by atoms with E-state index in [1.807, 2.05) is 54.9 Å². The number of thioether (sulfide) groups is 1. The maximum absolute atomic E-state index is 12.1. The SMILES string of the molecule is Cc1ccccc1NC(=O)CSc1nnc(-c2cccnc2)n1C. The Bertz CT molecular complexity index is 847. The molecule has 122 valence electrons. The third kappa shape index (κ3) is 3.62. The van der Waals surface area contributed by atoms with Gasteiger partial charge in [0.2, 0.25) is 5.91 Å². The van der Waals surface area contributed by atoms with E-state index >= 15 is 0 Å². The third-order valence-electron chi connectivity index (χ3n) is 3.51. The van der Waals surface area contributed by atoms with Crippen LogP contribution in [0.25, 0.3) is 11.4 Å². The lowest BCUT2D eigenvalue weighted by atomic mass is 10.2. The van der Waals surface area contributed by atoms with Crippen LogP contribution in [-0.4, -0.2) is 31.4 Å². The summed E-state index contributed by atoms with van der Waals surface area (Å²) in [5, 5.41) is 11.9. The second-order valence-electron chi connectivity index (χ2n) is 5.26. The van der Waals surface area contributed by atoms with Crippen molar-refractivity contribution in [3.63, 3.8) is 0 Å². The number of carbonyl (C=O) groups is 1. The Balaban J connectivity index is 1.64. The summed E-state index contributed by atoms with van der Waals surface area (Å²) in [5.74, 6) is 0.929. The van der Waals surface area contributed by atoms with Crippen LogP contribution < -0.4 is 5.32 Å². The molecule has 24 heavy (non-hydrogen) atoms. The number of anilines is 1. The fraction of sp³-hybridized carbons (Fsp3) is 0.176. The average molecular weight is 339 g/mol. The molecule has 3 aromatic rings. The molecule has 2 aromatic heterocycles. The van der Waals surface area contributed by atoms with Gasteiger partial charge in [-0.1, -0.05) is 30.0 Å². The minimum atomic E-state index is -0.0692. The predicted octanol–water partition coefficient (Wildman–Crippen LogP) is 2.92. The molecule has 0 aliphatic heterocycles. The number of amides is 1. The van der Waals surface area contributed by atoms with Crippen molar-refractivity contribution in [2.45, 2.75) is 12.1 Å². The van der Waals surface area contributed by atoms with Crippen LogP contribution in [0.3, 0.4) is 0 Å². The molecular formula is C17H17N5OS. The maximum Gasteiger partial charge on any atom is 0.234 e. The van der Waals surface area contributed by atoms with E-state index in [9.17, 15) is 4.79 Å². The highest BCUT2D eigenvalue weighted by Gasteiger charge is 2.13. The molecular weight excluding hydrogens is 322 g/mol. The smallest absolute Gasteiger partial charge is 0.234 e. The highest BCUT2D eigenvalue weighted by Crippen LogP contribution is 2.22. The van der Waals surface area contributed by atoms with E-state index in [-0.39, 0.29) is 11.7 Å². The zero-order chi connectivity index (χ0) is 16.9. The minimum Gasteiger partial charge on any atom is -0.325 e. The lowest BCUT2D eigenvalue weighted by Gasteiger charge is -2.07. The molecule has 0 aliphatic rings. The number of nitrogens with zero attached hydrogens (tertiary/aromatic N) is 4. The molecule has 7 heteroatoms. The van der Waals surface area contributed by atoms with Crippen LogP contribution in [-0.2, 0) is 11.8 Å². The van der Waals surface area contributed by atoms with E-state index in [0.717, 1.165) is 22.6 Å². The van der Waals surface area contributed by atoms with Crippen LogP contribution >= 0.6 is 11.8 Å². The average Bonchev–Trinajstić information content (AvgIpc) is 2.97. The Hall–Kier alpha value is -2.67. The maximum atomic E-state index is 12.1. The van der Waals surface area contributed by atoms with Crippen LogP contribution in [0.1, 0.15) is 5.56 Å². The molecule has 1 aromatic carbocycles. The standard InChI is InChI=1S/C17H17N5OS/c1-12-6-3-4-8-14(12)19-15(23)11-24-17-21-20-16(22(17)2)13-7-5-9-18-10-13/h3-10H,11H2,1-2H3,(H,19,23). The molecule has 0 unspecified atom stereocenters. The van der Waals surface area contributed by atoms with Crippen LogP contribution in [0, 0.1) is 6.92 Å². The number of aromatic nitrogens is 4. The number of hydrogen-bond donors (Lipinski definition) is 1. The van der Waals surface area contributed by atoms with E-state index in [1.54, 1.807) is 12.4 Å². The first kappa shape index (κ1) is 16.2. The summed E-state index contributed by atoms with van der Waals surface area (Å²) in [6, 6.07) is 11.5. The van der Waals surface area contributed by atoms with Crippen LogP contribution in [0.5, 0.6) is 0 Å². The van der Waals surface area contributed by atoms with Crippen molar-refractivity contribution in [1.29, 1.82) is 0 Å². The van der Waals surface area contributed by atoms with Gasteiger partial charge < -0.3 is 9.88 Å². The van der Waals surface area contributed by atoms with Crippen molar-refractivity contribution in [1.82, 2.24) is 19.7 Å². The first-order valence-electron chi connectivity index (χ1n) is 7.43. The van der Waals surface area contributed by atoms with E-state index < -0.39 is 0 Å². The van der Waals surface area contributed by atoms with E-state index in [0.29, 0.717) is 5.16 Å². The second-order valence-corrected chi connectivity index (χ2v) is 6.20. The number of rotatable bonds is 5. The zero-order valence-corrected chi connectivity index (χ0v) is 14.2. The lowest BCUT2D eigenvalue weighted by molar-refractivity contribution is -0.113. The Morgan fingerprint density at radius 2 is 2.04 bits per heavy atom. The Morgan fingerprint density at radius 1 is 1.21 bits per heavy atom. The number of hydrogen-bond acceptors (Lipinski definition) is 5. The normalized spacial score (nSPS) is 10.6. The Kier molecular flexibility index (Phi) is 4.90. The molecule has 0 fully saturated rings. The second kappa shape index (κ2) is 7.27. The predicted molar refractivity (Wildman–Crippen MR) is 94.8 cm³/mol. The molecule has 1 amide bonds. The van der Waals surface area contributed by atoms with Gasteiger partial charge in [0.25, 0.3) is 0 Å². The Labute approximate surface area is 144 Å². The molecule has 2 heterocycles. The van der Waals surface area contributed by atoms with Gasteiger partial charge in [0.05, 0.1) is 5.75 Å². The van der Waals surface area contributed by atoms with Gasteiger partial charge in [-0.05, 0) is 30.7 Å². The van der Waals surface area contributed by atoms with Crippen LogP contribution in [0.15, 0.2) is 53.9 Å². The molecule has 0 spiro atoms. The topological polar surface area (TPSA) is 72.7 Å². The molecule has 0 aliphatic carbocycles. The fourth-order valence-corrected chi connectivity index (χ4v) is 2.93. The summed E-state index contributed by atoms with van der Waals surface area (Å²) in [6.07, 6.45) is 3.45. The molecule has 0 saturated heterocycles. The molecule has 0 bridgehead atoms. The quantitative estimate of drug-likeness (QED) is 0.724. The van der Waals surface area contributed by atoms with Crippen LogP contribution in [0.4, 0.5) is 5.69 Å². The van der Waals surface area contributed by atoms with Crippen molar-refractivity contribution in [2.24, 2.45) is 7.05 Å². The van der Waals surface area contributed by atoms with E-state index in [4.69, 9.17) is 0 Å². The molecule has 6 nitrogen and oxygen atoms in total. The Morgan fingerprint density at radius 3 is 2.79 bits per heavy atom. The van der Waals surface area contributed by atoms with Crippen molar-refractivity contribution in [2.75, 3.05) is 11.1 Å². The number of benzene rings is 1. The van der Waals surface area contributed by atoms with Gasteiger partial charge in [0.1, 0.15) is 0 Å². The van der Waals surface area contributed by atoms with Gasteiger partial charge in [0.15, 0.2) is 11.0 Å². The van der Waals surface area contributed by atoms with Gasteiger partial charge in [-0.2, -0.15) is 0 Å². The summed E-state index contributed by atoms with van der Waals surface area (Å²) in [6.45, 7) is 1.96. The van der Waals surface area contributed by atoms with Gasteiger partial charge in [-0.25, -0.2) is 0 Å². The number of nitrogens with one attached hydrogen (secondary N) is 1. The number of aryl methyl sites for hydroxylation is 1. The van der Waals surface area contributed by atoms with Crippen molar-refractivity contribution in [3.8, 4) is 11.4 Å². The van der Waals surface area contributed by atoms with E-state index in [1.165, 1.54) is 11.8 Å². The molecule has 0 saturated carbocycles. The van der Waals surface area contributed by atoms with Crippen molar-refractivity contribution >= 4 is 23.4 Å². The molecule has 3 rings (SSSR count). The zero-order valence-electron chi connectivity index (χ0n) is 13.4. The van der Waals surface area contributed by atoms with E-state index in [2.05, 4.69) is 20.5 Å². The molecule has 1 N–H and O–H groups in total.